The van der Waals surface area contributed by atoms with E-state index in [4.69, 9.17) is 0 Å². The van der Waals surface area contributed by atoms with Crippen molar-refractivity contribution < 1.29 is 4.39 Å². The average Bonchev–Trinajstić information content (AvgIpc) is 3.26. The molecule has 5 heteroatoms. The first-order chi connectivity index (χ1) is 11.3. The molecule has 120 valence electrons. The first-order valence-corrected chi connectivity index (χ1v) is 8.44. The number of rotatable bonds is 5. The van der Waals surface area contributed by atoms with Crippen LogP contribution in [0.5, 0.6) is 0 Å². The van der Waals surface area contributed by atoms with Crippen molar-refractivity contribution in [3.8, 4) is 0 Å². The highest BCUT2D eigenvalue weighted by atomic mass is 19.1. The molecule has 2 aliphatic rings. The fourth-order valence-electron chi connectivity index (χ4n) is 3.15. The molecule has 0 amide bonds. The van der Waals surface area contributed by atoms with Gasteiger partial charge < -0.3 is 10.6 Å². The zero-order valence-corrected chi connectivity index (χ0v) is 13.1. The van der Waals surface area contributed by atoms with Crippen molar-refractivity contribution in [1.82, 2.24) is 9.97 Å². The van der Waals surface area contributed by atoms with E-state index in [2.05, 4.69) is 20.6 Å². The molecule has 0 spiro atoms. The van der Waals surface area contributed by atoms with Crippen molar-refractivity contribution in [2.75, 3.05) is 10.6 Å². The lowest BCUT2D eigenvalue weighted by Gasteiger charge is -2.14. The molecular formula is C18H21FN4. The quantitative estimate of drug-likeness (QED) is 0.847. The van der Waals surface area contributed by atoms with Crippen LogP contribution < -0.4 is 10.6 Å². The van der Waals surface area contributed by atoms with Crippen LogP contribution in [-0.4, -0.2) is 16.0 Å². The van der Waals surface area contributed by atoms with E-state index in [1.165, 1.54) is 50.7 Å². The molecule has 2 saturated carbocycles. The van der Waals surface area contributed by atoms with Crippen molar-refractivity contribution in [2.24, 2.45) is 0 Å². The van der Waals surface area contributed by atoms with Crippen LogP contribution in [0.15, 0.2) is 30.3 Å². The number of hydrogen-bond acceptors (Lipinski definition) is 4. The van der Waals surface area contributed by atoms with E-state index in [9.17, 15) is 4.39 Å². The highest BCUT2D eigenvalue weighted by Crippen LogP contribution is 2.40. The van der Waals surface area contributed by atoms with Gasteiger partial charge in [0.15, 0.2) is 0 Å². The largest absolute Gasteiger partial charge is 0.351 e. The van der Waals surface area contributed by atoms with Crippen LogP contribution in [0.4, 0.5) is 21.8 Å². The number of nitrogens with zero attached hydrogens (tertiary/aromatic N) is 2. The Labute approximate surface area is 135 Å². The smallest absolute Gasteiger partial charge is 0.225 e. The van der Waals surface area contributed by atoms with Crippen LogP contribution >= 0.6 is 0 Å². The maximum atomic E-state index is 13.4. The summed E-state index contributed by atoms with van der Waals surface area (Å²) in [4.78, 5) is 9.26. The van der Waals surface area contributed by atoms with Crippen molar-refractivity contribution in [2.45, 2.75) is 50.5 Å². The van der Waals surface area contributed by atoms with E-state index in [1.807, 2.05) is 12.1 Å². The monoisotopic (exact) mass is 312 g/mol. The average molecular weight is 312 g/mol. The van der Waals surface area contributed by atoms with Gasteiger partial charge >= 0.3 is 0 Å². The van der Waals surface area contributed by atoms with Crippen LogP contribution in [0, 0.1) is 5.82 Å². The van der Waals surface area contributed by atoms with Gasteiger partial charge in [-0.1, -0.05) is 18.9 Å². The molecule has 2 aliphatic carbocycles. The van der Waals surface area contributed by atoms with Gasteiger partial charge in [0.05, 0.1) is 5.69 Å². The maximum absolute atomic E-state index is 13.4. The summed E-state index contributed by atoms with van der Waals surface area (Å²) in [6.07, 6.45) is 7.30. The van der Waals surface area contributed by atoms with Gasteiger partial charge in [-0.15, -0.1) is 0 Å². The zero-order valence-electron chi connectivity index (χ0n) is 13.1. The fourth-order valence-corrected chi connectivity index (χ4v) is 3.15. The molecule has 4 nitrogen and oxygen atoms in total. The summed E-state index contributed by atoms with van der Waals surface area (Å²) in [6.45, 7) is 0. The molecule has 0 radical (unpaired) electrons. The van der Waals surface area contributed by atoms with Gasteiger partial charge in [0.1, 0.15) is 11.6 Å². The van der Waals surface area contributed by atoms with Gasteiger partial charge in [-0.3, -0.25) is 0 Å². The van der Waals surface area contributed by atoms with Crippen molar-refractivity contribution in [3.63, 3.8) is 0 Å². The second-order valence-electron chi connectivity index (χ2n) is 6.54. The molecule has 0 unspecified atom stereocenters. The summed E-state index contributed by atoms with van der Waals surface area (Å²) in [5.74, 6) is 1.72. The van der Waals surface area contributed by atoms with Crippen molar-refractivity contribution in [1.29, 1.82) is 0 Å². The molecule has 2 aromatic rings. The Bertz CT molecular complexity index is 693. The minimum Gasteiger partial charge on any atom is -0.351 e. The van der Waals surface area contributed by atoms with Gasteiger partial charge in [-0.2, -0.15) is 4.98 Å². The van der Waals surface area contributed by atoms with Crippen LogP contribution in [0.2, 0.25) is 0 Å². The molecule has 0 aliphatic heterocycles. The molecule has 0 bridgehead atoms. The second-order valence-corrected chi connectivity index (χ2v) is 6.54. The molecule has 1 heterocycles. The summed E-state index contributed by atoms with van der Waals surface area (Å²) < 4.78 is 13.4. The van der Waals surface area contributed by atoms with Crippen LogP contribution in [-0.2, 0) is 0 Å². The third kappa shape index (κ3) is 3.60. The van der Waals surface area contributed by atoms with Crippen molar-refractivity contribution in [3.05, 3.63) is 41.8 Å². The molecule has 2 fully saturated rings. The van der Waals surface area contributed by atoms with Crippen LogP contribution in [0.3, 0.4) is 0 Å². The van der Waals surface area contributed by atoms with E-state index in [0.29, 0.717) is 23.6 Å². The minimum atomic E-state index is -0.254. The Kier molecular flexibility index (Phi) is 3.85. The summed E-state index contributed by atoms with van der Waals surface area (Å²) in [5, 5.41) is 6.67. The Hall–Kier alpha value is -2.17. The number of anilines is 3. The van der Waals surface area contributed by atoms with E-state index in [-0.39, 0.29) is 5.82 Å². The van der Waals surface area contributed by atoms with Crippen molar-refractivity contribution >= 4 is 17.5 Å². The summed E-state index contributed by atoms with van der Waals surface area (Å²) in [7, 11) is 0. The number of benzene rings is 1. The van der Waals surface area contributed by atoms with E-state index in [0.717, 1.165) is 11.5 Å². The first kappa shape index (κ1) is 14.4. The highest BCUT2D eigenvalue weighted by molar-refractivity contribution is 5.58. The van der Waals surface area contributed by atoms with Crippen LogP contribution in [0.1, 0.15) is 50.1 Å². The number of aromatic nitrogens is 2. The first-order valence-electron chi connectivity index (χ1n) is 8.44. The summed E-state index contributed by atoms with van der Waals surface area (Å²) in [6, 6.07) is 8.91. The van der Waals surface area contributed by atoms with E-state index in [1.54, 1.807) is 6.07 Å². The lowest BCUT2D eigenvalue weighted by Crippen LogP contribution is -2.17. The second kappa shape index (κ2) is 6.14. The lowest BCUT2D eigenvalue weighted by atomic mass is 10.2. The number of halogens is 1. The van der Waals surface area contributed by atoms with E-state index >= 15 is 0 Å². The fraction of sp³-hybridized carbons (Fsp3) is 0.444. The molecule has 1 aromatic heterocycles. The predicted octanol–water partition coefficient (Wildman–Crippen LogP) is 4.59. The highest BCUT2D eigenvalue weighted by Gasteiger charge is 2.26. The molecular weight excluding hydrogens is 291 g/mol. The topological polar surface area (TPSA) is 49.8 Å². The molecule has 0 saturated heterocycles. The van der Waals surface area contributed by atoms with Gasteiger partial charge in [0.25, 0.3) is 0 Å². The van der Waals surface area contributed by atoms with Crippen LogP contribution in [0.25, 0.3) is 0 Å². The van der Waals surface area contributed by atoms with Gasteiger partial charge in [0.2, 0.25) is 5.95 Å². The Morgan fingerprint density at radius 1 is 1.00 bits per heavy atom. The minimum absolute atomic E-state index is 0.254. The molecule has 4 rings (SSSR count). The maximum Gasteiger partial charge on any atom is 0.225 e. The normalized spacial score (nSPS) is 18.1. The standard InChI is InChI=1S/C18H21FN4/c19-13-4-3-7-15(10-13)20-17-11-16(12-8-9-12)22-18(23-17)21-14-5-1-2-6-14/h3-4,7,10-12,14H,1-2,5-6,8-9H2,(H2,20,21,22,23). The van der Waals surface area contributed by atoms with Gasteiger partial charge in [-0.05, 0) is 43.9 Å². The number of hydrogen-bond donors (Lipinski definition) is 2. The zero-order chi connectivity index (χ0) is 15.6. The molecule has 1 aromatic carbocycles. The Balaban J connectivity index is 1.58. The summed E-state index contributed by atoms with van der Waals surface area (Å²) >= 11 is 0. The summed E-state index contributed by atoms with van der Waals surface area (Å²) in [5.41, 5.74) is 1.79. The Morgan fingerprint density at radius 2 is 1.83 bits per heavy atom. The molecule has 23 heavy (non-hydrogen) atoms. The molecule has 0 atom stereocenters. The van der Waals surface area contributed by atoms with Gasteiger partial charge in [-0.25, -0.2) is 9.37 Å². The molecule has 2 N–H and O–H groups in total. The lowest BCUT2D eigenvalue weighted by molar-refractivity contribution is 0.628. The third-order valence-corrected chi connectivity index (χ3v) is 4.53. The SMILES string of the molecule is Fc1cccc(Nc2cc(C3CC3)nc(NC3CCCC3)n2)c1. The number of nitrogens with one attached hydrogen (secondary N) is 2. The predicted molar refractivity (Wildman–Crippen MR) is 89.6 cm³/mol. The third-order valence-electron chi connectivity index (χ3n) is 4.53. The van der Waals surface area contributed by atoms with E-state index < -0.39 is 0 Å². The van der Waals surface area contributed by atoms with Gasteiger partial charge in [0, 0.05) is 23.7 Å². The Morgan fingerprint density at radius 3 is 2.57 bits per heavy atom.